The first-order valence-electron chi connectivity index (χ1n) is 7.65. The van der Waals surface area contributed by atoms with Crippen molar-refractivity contribution >= 4 is 17.5 Å². The van der Waals surface area contributed by atoms with E-state index in [1.54, 1.807) is 4.52 Å². The number of carbonyl (C=O) groups excluding carboxylic acids is 1. The van der Waals surface area contributed by atoms with Crippen molar-refractivity contribution in [2.24, 2.45) is 0 Å². The minimum absolute atomic E-state index is 0.0752. The quantitative estimate of drug-likeness (QED) is 0.930. The van der Waals surface area contributed by atoms with E-state index in [1.807, 2.05) is 11.0 Å². The number of rotatable bonds is 3. The van der Waals surface area contributed by atoms with E-state index >= 15 is 0 Å². The van der Waals surface area contributed by atoms with Crippen molar-refractivity contribution in [1.29, 1.82) is 0 Å². The molecule has 3 rings (SSSR count). The van der Waals surface area contributed by atoms with Crippen LogP contribution in [0.15, 0.2) is 12.4 Å². The third-order valence-corrected chi connectivity index (χ3v) is 3.95. The summed E-state index contributed by atoms with van der Waals surface area (Å²) in [4.78, 5) is 22.7. The van der Waals surface area contributed by atoms with Gasteiger partial charge in [-0.15, -0.1) is 0 Å². The van der Waals surface area contributed by atoms with Gasteiger partial charge in [-0.2, -0.15) is 14.6 Å². The molecule has 22 heavy (non-hydrogen) atoms. The van der Waals surface area contributed by atoms with Crippen molar-refractivity contribution in [3.63, 3.8) is 0 Å². The number of hydrogen-bond donors (Lipinski definition) is 1. The van der Waals surface area contributed by atoms with E-state index in [0.717, 1.165) is 17.9 Å². The summed E-state index contributed by atoms with van der Waals surface area (Å²) in [6.07, 6.45) is 2.82. The molecule has 1 aliphatic rings. The smallest absolute Gasteiger partial charge is 0.254 e. The number of aryl methyl sites for hydroxylation is 1. The molecule has 1 unspecified atom stereocenters. The van der Waals surface area contributed by atoms with Gasteiger partial charge in [0.15, 0.2) is 0 Å². The first-order valence-corrected chi connectivity index (χ1v) is 7.65. The average molecular weight is 302 g/mol. The lowest BCUT2D eigenvalue weighted by Crippen LogP contribution is -2.43. The summed E-state index contributed by atoms with van der Waals surface area (Å²) >= 11 is 0. The van der Waals surface area contributed by atoms with E-state index in [4.69, 9.17) is 0 Å². The number of nitrogens with one attached hydrogen (secondary N) is 1. The number of anilines is 1. The standard InChI is InChI=1S/C15H22N6O/c1-5-10-6-12(21-14(19-10)16-9-17-21)18-11-7-13(22)20(8-11)15(2,3)4/h6,9,11,18H,5,7-8H2,1-4H3. The molecule has 0 aliphatic carbocycles. The van der Waals surface area contributed by atoms with E-state index in [-0.39, 0.29) is 17.5 Å². The first kappa shape index (κ1) is 14.7. The van der Waals surface area contributed by atoms with Crippen LogP contribution in [0.2, 0.25) is 0 Å². The van der Waals surface area contributed by atoms with E-state index in [2.05, 4.69) is 48.1 Å². The van der Waals surface area contributed by atoms with Gasteiger partial charge in [-0.3, -0.25) is 4.79 Å². The van der Waals surface area contributed by atoms with E-state index in [0.29, 0.717) is 18.7 Å². The molecule has 3 heterocycles. The summed E-state index contributed by atoms with van der Waals surface area (Å²) in [6, 6.07) is 2.05. The van der Waals surface area contributed by atoms with Crippen molar-refractivity contribution in [2.45, 2.75) is 52.1 Å². The first-order chi connectivity index (χ1) is 10.4. The predicted octanol–water partition coefficient (Wildman–Crippen LogP) is 1.50. The zero-order valence-corrected chi connectivity index (χ0v) is 13.5. The monoisotopic (exact) mass is 302 g/mol. The molecule has 1 atom stereocenters. The maximum atomic E-state index is 12.2. The van der Waals surface area contributed by atoms with Gasteiger partial charge in [0.2, 0.25) is 5.91 Å². The summed E-state index contributed by atoms with van der Waals surface area (Å²) in [6.45, 7) is 8.93. The molecule has 0 radical (unpaired) electrons. The van der Waals surface area contributed by atoms with Crippen LogP contribution in [0, 0.1) is 0 Å². The lowest BCUT2D eigenvalue weighted by Gasteiger charge is -2.32. The Bertz CT molecular complexity index is 702. The van der Waals surface area contributed by atoms with Crippen molar-refractivity contribution in [3.8, 4) is 0 Å². The van der Waals surface area contributed by atoms with Gasteiger partial charge in [0.25, 0.3) is 5.78 Å². The second-order valence-corrected chi connectivity index (χ2v) is 6.68. The summed E-state index contributed by atoms with van der Waals surface area (Å²) in [5, 5.41) is 7.64. The summed E-state index contributed by atoms with van der Waals surface area (Å²) in [5.41, 5.74) is 0.808. The molecule has 2 aromatic rings. The number of aromatic nitrogens is 4. The fourth-order valence-corrected chi connectivity index (χ4v) is 2.81. The summed E-state index contributed by atoms with van der Waals surface area (Å²) in [7, 11) is 0. The highest BCUT2D eigenvalue weighted by atomic mass is 16.2. The zero-order valence-electron chi connectivity index (χ0n) is 13.5. The maximum absolute atomic E-state index is 12.2. The van der Waals surface area contributed by atoms with Crippen molar-refractivity contribution in [3.05, 3.63) is 18.1 Å². The average Bonchev–Trinajstić information content (AvgIpc) is 3.04. The van der Waals surface area contributed by atoms with Crippen LogP contribution in [0.25, 0.3) is 5.78 Å². The van der Waals surface area contributed by atoms with Gasteiger partial charge < -0.3 is 10.2 Å². The maximum Gasteiger partial charge on any atom is 0.254 e. The molecule has 0 bridgehead atoms. The summed E-state index contributed by atoms with van der Waals surface area (Å²) in [5.74, 6) is 1.61. The summed E-state index contributed by atoms with van der Waals surface area (Å²) < 4.78 is 1.68. The van der Waals surface area contributed by atoms with Gasteiger partial charge in [0.05, 0.1) is 6.04 Å². The molecule has 0 saturated carbocycles. The van der Waals surface area contributed by atoms with Crippen LogP contribution in [-0.2, 0) is 11.2 Å². The van der Waals surface area contributed by atoms with Gasteiger partial charge in [-0.05, 0) is 27.2 Å². The lowest BCUT2D eigenvalue weighted by molar-refractivity contribution is -0.131. The molecule has 2 aromatic heterocycles. The van der Waals surface area contributed by atoms with Crippen LogP contribution in [0.3, 0.4) is 0 Å². The lowest BCUT2D eigenvalue weighted by atomic mass is 10.1. The molecule has 1 fully saturated rings. The Morgan fingerprint density at radius 2 is 2.18 bits per heavy atom. The van der Waals surface area contributed by atoms with Gasteiger partial charge >= 0.3 is 0 Å². The number of nitrogens with zero attached hydrogens (tertiary/aromatic N) is 5. The molecular weight excluding hydrogens is 280 g/mol. The minimum atomic E-state index is -0.150. The number of carbonyl (C=O) groups is 1. The Kier molecular flexibility index (Phi) is 3.50. The normalized spacial score (nSPS) is 19.2. The third-order valence-electron chi connectivity index (χ3n) is 3.95. The predicted molar refractivity (Wildman–Crippen MR) is 83.7 cm³/mol. The van der Waals surface area contributed by atoms with Crippen LogP contribution < -0.4 is 5.32 Å². The fourth-order valence-electron chi connectivity index (χ4n) is 2.81. The van der Waals surface area contributed by atoms with E-state index < -0.39 is 0 Å². The molecule has 1 aliphatic heterocycles. The van der Waals surface area contributed by atoms with Crippen LogP contribution in [0.5, 0.6) is 0 Å². The van der Waals surface area contributed by atoms with Gasteiger partial charge in [0.1, 0.15) is 12.1 Å². The highest BCUT2D eigenvalue weighted by molar-refractivity contribution is 5.80. The molecule has 1 saturated heterocycles. The Balaban J connectivity index is 1.85. The zero-order chi connectivity index (χ0) is 15.9. The highest BCUT2D eigenvalue weighted by Crippen LogP contribution is 2.24. The van der Waals surface area contributed by atoms with Crippen LogP contribution in [-0.4, -0.2) is 48.5 Å². The molecule has 1 amide bonds. The largest absolute Gasteiger partial charge is 0.365 e. The van der Waals surface area contributed by atoms with Crippen LogP contribution in [0.4, 0.5) is 5.82 Å². The van der Waals surface area contributed by atoms with E-state index in [9.17, 15) is 4.79 Å². The number of fused-ring (bicyclic) bond motifs is 1. The van der Waals surface area contributed by atoms with Crippen molar-refractivity contribution in [1.82, 2.24) is 24.5 Å². The Labute approximate surface area is 129 Å². The topological polar surface area (TPSA) is 75.4 Å². The SMILES string of the molecule is CCc1cc(NC2CC(=O)N(C(C)(C)C)C2)n2ncnc2n1. The Morgan fingerprint density at radius 3 is 2.82 bits per heavy atom. The second kappa shape index (κ2) is 5.23. The highest BCUT2D eigenvalue weighted by Gasteiger charge is 2.36. The molecular formula is C15H22N6O. The Hall–Kier alpha value is -2.18. The second-order valence-electron chi connectivity index (χ2n) is 6.68. The number of likely N-dealkylation sites (tertiary alicyclic amines) is 1. The van der Waals surface area contributed by atoms with Gasteiger partial charge in [-0.1, -0.05) is 6.92 Å². The fraction of sp³-hybridized carbons (Fsp3) is 0.600. The molecule has 7 nitrogen and oxygen atoms in total. The number of amides is 1. The Morgan fingerprint density at radius 1 is 1.41 bits per heavy atom. The molecule has 0 aromatic carbocycles. The van der Waals surface area contributed by atoms with Gasteiger partial charge in [0, 0.05) is 30.3 Å². The van der Waals surface area contributed by atoms with Gasteiger partial charge in [-0.25, -0.2) is 4.98 Å². The van der Waals surface area contributed by atoms with Crippen molar-refractivity contribution < 1.29 is 4.79 Å². The van der Waals surface area contributed by atoms with E-state index in [1.165, 1.54) is 6.33 Å². The van der Waals surface area contributed by atoms with Crippen molar-refractivity contribution in [2.75, 3.05) is 11.9 Å². The molecule has 0 spiro atoms. The minimum Gasteiger partial charge on any atom is -0.365 e. The van der Waals surface area contributed by atoms with Crippen LogP contribution >= 0.6 is 0 Å². The molecule has 118 valence electrons. The molecule has 1 N–H and O–H groups in total. The van der Waals surface area contributed by atoms with Crippen LogP contribution in [0.1, 0.15) is 39.8 Å². The third kappa shape index (κ3) is 2.63. The number of hydrogen-bond acceptors (Lipinski definition) is 5. The molecule has 7 heteroatoms.